The van der Waals surface area contributed by atoms with Crippen LogP contribution in [0.15, 0.2) is 24.4 Å². The minimum Gasteiger partial charge on any atom is -0.478 e. The van der Waals surface area contributed by atoms with E-state index in [1.807, 2.05) is 0 Å². The number of carbonyl (C=O) groups is 1. The number of aromatic nitrogens is 2. The van der Waals surface area contributed by atoms with Crippen molar-refractivity contribution in [3.63, 3.8) is 0 Å². The molecule has 0 spiro atoms. The normalized spacial score (nSPS) is 11.5. The first-order chi connectivity index (χ1) is 9.68. The quantitative estimate of drug-likeness (QED) is 0.893. The number of benzene rings is 1. The molecule has 1 N–H and O–H groups in total. The minimum atomic E-state index is -4.92. The maximum Gasteiger partial charge on any atom is 0.434 e. The Labute approximate surface area is 126 Å². The van der Waals surface area contributed by atoms with E-state index in [-0.39, 0.29) is 21.4 Å². The Bertz CT molecular complexity index is 700. The molecule has 0 saturated heterocycles. The van der Waals surface area contributed by atoms with Crippen LogP contribution in [0.25, 0.3) is 11.4 Å². The molecule has 2 aromatic rings. The summed E-state index contributed by atoms with van der Waals surface area (Å²) in [6.45, 7) is 0. The van der Waals surface area contributed by atoms with Crippen LogP contribution >= 0.6 is 23.2 Å². The lowest BCUT2D eigenvalue weighted by atomic mass is 10.1. The Morgan fingerprint density at radius 2 is 1.71 bits per heavy atom. The molecule has 0 aliphatic rings. The predicted octanol–water partition coefficient (Wildman–Crippen LogP) is 4.17. The number of rotatable bonds is 2. The summed E-state index contributed by atoms with van der Waals surface area (Å²) in [5.74, 6) is -2.09. The summed E-state index contributed by atoms with van der Waals surface area (Å²) in [5, 5.41) is 9.14. The van der Waals surface area contributed by atoms with Crippen LogP contribution in [-0.4, -0.2) is 21.0 Å². The van der Waals surface area contributed by atoms with Gasteiger partial charge in [-0.25, -0.2) is 14.8 Å². The van der Waals surface area contributed by atoms with Crippen LogP contribution in [0.3, 0.4) is 0 Å². The summed E-state index contributed by atoms with van der Waals surface area (Å²) in [7, 11) is 0. The number of hydrogen-bond donors (Lipinski definition) is 1. The molecule has 0 atom stereocenters. The summed E-state index contributed by atoms with van der Waals surface area (Å²) in [6, 6.07) is 4.04. The highest BCUT2D eigenvalue weighted by atomic mass is 35.5. The van der Waals surface area contributed by atoms with Crippen LogP contribution < -0.4 is 0 Å². The molecule has 1 aromatic heterocycles. The van der Waals surface area contributed by atoms with E-state index >= 15 is 0 Å². The number of hydrogen-bond acceptors (Lipinski definition) is 3. The molecule has 0 amide bonds. The lowest BCUT2D eigenvalue weighted by Gasteiger charge is -2.10. The third kappa shape index (κ3) is 3.43. The molecule has 4 nitrogen and oxygen atoms in total. The average molecular weight is 337 g/mol. The van der Waals surface area contributed by atoms with E-state index in [0.717, 1.165) is 0 Å². The van der Waals surface area contributed by atoms with Gasteiger partial charge in [-0.3, -0.25) is 0 Å². The molecule has 0 saturated carbocycles. The number of alkyl halides is 3. The SMILES string of the molecule is O=C(O)c1cnc(-c2cc(Cl)cc(Cl)c2)nc1C(F)(F)F. The van der Waals surface area contributed by atoms with Crippen LogP contribution in [0, 0.1) is 0 Å². The number of nitrogens with zero attached hydrogens (tertiary/aromatic N) is 2. The van der Waals surface area contributed by atoms with Gasteiger partial charge >= 0.3 is 12.1 Å². The van der Waals surface area contributed by atoms with Gasteiger partial charge < -0.3 is 5.11 Å². The maximum absolute atomic E-state index is 12.9. The smallest absolute Gasteiger partial charge is 0.434 e. The summed E-state index contributed by atoms with van der Waals surface area (Å²) < 4.78 is 38.6. The third-order valence-electron chi connectivity index (χ3n) is 2.41. The zero-order chi connectivity index (χ0) is 15.8. The van der Waals surface area contributed by atoms with Crippen LogP contribution in [0.4, 0.5) is 13.2 Å². The van der Waals surface area contributed by atoms with E-state index in [0.29, 0.717) is 6.20 Å². The van der Waals surface area contributed by atoms with Crippen LogP contribution in [0.2, 0.25) is 10.0 Å². The van der Waals surface area contributed by atoms with Gasteiger partial charge in [-0.05, 0) is 18.2 Å². The molecule has 0 radical (unpaired) electrons. The molecule has 2 rings (SSSR count). The van der Waals surface area contributed by atoms with E-state index < -0.39 is 23.4 Å². The number of aromatic carboxylic acids is 1. The van der Waals surface area contributed by atoms with Crippen molar-refractivity contribution >= 4 is 29.2 Å². The van der Waals surface area contributed by atoms with Crippen molar-refractivity contribution in [3.05, 3.63) is 45.7 Å². The Balaban J connectivity index is 2.64. The van der Waals surface area contributed by atoms with Gasteiger partial charge in [-0.2, -0.15) is 13.2 Å². The second-order valence-electron chi connectivity index (χ2n) is 3.92. The van der Waals surface area contributed by atoms with E-state index in [1.165, 1.54) is 18.2 Å². The molecule has 0 aliphatic carbocycles. The van der Waals surface area contributed by atoms with E-state index in [2.05, 4.69) is 9.97 Å². The molecule has 21 heavy (non-hydrogen) atoms. The topological polar surface area (TPSA) is 63.1 Å². The van der Waals surface area contributed by atoms with Crippen molar-refractivity contribution in [2.45, 2.75) is 6.18 Å². The second-order valence-corrected chi connectivity index (χ2v) is 4.79. The fourth-order valence-electron chi connectivity index (χ4n) is 1.58. The second kappa shape index (κ2) is 5.50. The highest BCUT2D eigenvalue weighted by Crippen LogP contribution is 2.32. The summed E-state index contributed by atoms with van der Waals surface area (Å²) in [6.07, 6.45) is -4.32. The molecular formula is C12H5Cl2F3N2O2. The standard InChI is InChI=1S/C12H5Cl2F3N2O2/c13-6-1-5(2-7(14)3-6)10-18-4-8(11(20)21)9(19-10)12(15,16)17/h1-4H,(H,20,21). The van der Waals surface area contributed by atoms with E-state index in [4.69, 9.17) is 28.3 Å². The zero-order valence-electron chi connectivity index (χ0n) is 9.95. The van der Waals surface area contributed by atoms with Crippen molar-refractivity contribution in [3.8, 4) is 11.4 Å². The Hall–Kier alpha value is -1.86. The first kappa shape index (κ1) is 15.5. The molecule has 110 valence electrons. The largest absolute Gasteiger partial charge is 0.478 e. The van der Waals surface area contributed by atoms with Crippen molar-refractivity contribution < 1.29 is 23.1 Å². The van der Waals surface area contributed by atoms with Crippen molar-refractivity contribution in [1.29, 1.82) is 0 Å². The van der Waals surface area contributed by atoms with Crippen molar-refractivity contribution in [2.75, 3.05) is 0 Å². The number of carboxylic acids is 1. The lowest BCUT2D eigenvalue weighted by molar-refractivity contribution is -0.141. The average Bonchev–Trinajstić information content (AvgIpc) is 2.35. The fraction of sp³-hybridized carbons (Fsp3) is 0.0833. The number of halogens is 5. The van der Waals surface area contributed by atoms with E-state index in [1.54, 1.807) is 0 Å². The lowest BCUT2D eigenvalue weighted by Crippen LogP contribution is -2.16. The minimum absolute atomic E-state index is 0.148. The van der Waals surface area contributed by atoms with E-state index in [9.17, 15) is 18.0 Å². The zero-order valence-corrected chi connectivity index (χ0v) is 11.5. The van der Waals surface area contributed by atoms with Crippen LogP contribution in [0.5, 0.6) is 0 Å². The first-order valence-corrected chi connectivity index (χ1v) is 6.08. The van der Waals surface area contributed by atoms with Gasteiger partial charge in [0, 0.05) is 21.8 Å². The first-order valence-electron chi connectivity index (χ1n) is 5.32. The third-order valence-corrected chi connectivity index (χ3v) is 2.84. The van der Waals surface area contributed by atoms with Crippen LogP contribution in [-0.2, 0) is 6.18 Å². The molecule has 0 unspecified atom stereocenters. The Morgan fingerprint density at radius 1 is 1.14 bits per heavy atom. The molecular weight excluding hydrogens is 332 g/mol. The molecule has 1 heterocycles. The highest BCUT2D eigenvalue weighted by molar-refractivity contribution is 6.35. The summed E-state index contributed by atoms with van der Waals surface area (Å²) in [4.78, 5) is 17.7. The molecule has 0 bridgehead atoms. The summed E-state index contributed by atoms with van der Waals surface area (Å²) >= 11 is 11.5. The van der Waals surface area contributed by atoms with Gasteiger partial charge in [0.2, 0.25) is 0 Å². The summed E-state index contributed by atoms with van der Waals surface area (Å²) in [5.41, 5.74) is -2.41. The molecule has 0 aliphatic heterocycles. The molecule has 0 fully saturated rings. The fourth-order valence-corrected chi connectivity index (χ4v) is 2.10. The van der Waals surface area contributed by atoms with Gasteiger partial charge in [0.05, 0.1) is 0 Å². The number of carboxylic acid groups (broad SMARTS) is 1. The highest BCUT2D eigenvalue weighted by Gasteiger charge is 2.38. The van der Waals surface area contributed by atoms with Gasteiger partial charge in [-0.1, -0.05) is 23.2 Å². The molecule has 1 aromatic carbocycles. The van der Waals surface area contributed by atoms with Crippen molar-refractivity contribution in [2.24, 2.45) is 0 Å². The van der Waals surface area contributed by atoms with Crippen molar-refractivity contribution in [1.82, 2.24) is 9.97 Å². The molecule has 9 heteroatoms. The van der Waals surface area contributed by atoms with Gasteiger partial charge in [-0.15, -0.1) is 0 Å². The van der Waals surface area contributed by atoms with Crippen LogP contribution in [0.1, 0.15) is 16.1 Å². The Kier molecular flexibility index (Phi) is 4.06. The maximum atomic E-state index is 12.9. The predicted molar refractivity (Wildman–Crippen MR) is 69.4 cm³/mol. The Morgan fingerprint density at radius 3 is 2.19 bits per heavy atom. The monoisotopic (exact) mass is 336 g/mol. The van der Waals surface area contributed by atoms with Gasteiger partial charge in [0.1, 0.15) is 5.56 Å². The van der Waals surface area contributed by atoms with Gasteiger partial charge in [0.15, 0.2) is 11.5 Å². The van der Waals surface area contributed by atoms with Gasteiger partial charge in [0.25, 0.3) is 0 Å².